The van der Waals surface area contributed by atoms with Crippen LogP contribution < -0.4 is 0 Å². The summed E-state index contributed by atoms with van der Waals surface area (Å²) in [6.45, 7) is 8.21. The van der Waals surface area contributed by atoms with E-state index < -0.39 is 0 Å². The quantitative estimate of drug-likeness (QED) is 0.630. The van der Waals surface area contributed by atoms with Crippen molar-refractivity contribution in [2.45, 2.75) is 46.5 Å². The van der Waals surface area contributed by atoms with E-state index in [9.17, 15) is 0 Å². The number of aliphatic hydroxyl groups excluding tert-OH is 1. The molecule has 1 N–H and O–H groups in total. The Labute approximate surface area is 76.9 Å². The highest BCUT2D eigenvalue weighted by Gasteiger charge is 1.84. The van der Waals surface area contributed by atoms with Gasteiger partial charge in [-0.2, -0.15) is 0 Å². The van der Waals surface area contributed by atoms with Crippen molar-refractivity contribution in [2.24, 2.45) is 0 Å². The molecule has 0 unspecified atom stereocenters. The van der Waals surface area contributed by atoms with Gasteiger partial charge in [0, 0.05) is 19.8 Å². The SMILES string of the molecule is CCCCOCCCC.CCO. The van der Waals surface area contributed by atoms with E-state index in [4.69, 9.17) is 9.84 Å². The van der Waals surface area contributed by atoms with Gasteiger partial charge in [-0.25, -0.2) is 0 Å². The molecule has 12 heavy (non-hydrogen) atoms. The topological polar surface area (TPSA) is 29.5 Å². The molecule has 0 aromatic rings. The Morgan fingerprint density at radius 1 is 0.917 bits per heavy atom. The van der Waals surface area contributed by atoms with Crippen LogP contribution in [0.15, 0.2) is 0 Å². The number of hydrogen-bond acceptors (Lipinski definition) is 2. The average Bonchev–Trinajstić information content (AvgIpc) is 2.06. The predicted molar refractivity (Wildman–Crippen MR) is 53.4 cm³/mol. The predicted octanol–water partition coefficient (Wildman–Crippen LogP) is 2.60. The van der Waals surface area contributed by atoms with Gasteiger partial charge < -0.3 is 9.84 Å². The molecule has 0 aromatic heterocycles. The lowest BCUT2D eigenvalue weighted by molar-refractivity contribution is 0.128. The summed E-state index contributed by atoms with van der Waals surface area (Å²) in [6.07, 6.45) is 4.91. The molecule has 0 amide bonds. The van der Waals surface area contributed by atoms with Crippen molar-refractivity contribution in [2.75, 3.05) is 19.8 Å². The minimum absolute atomic E-state index is 0.250. The normalized spacial score (nSPS) is 9.00. The van der Waals surface area contributed by atoms with Gasteiger partial charge in [0.05, 0.1) is 0 Å². The van der Waals surface area contributed by atoms with E-state index in [1.165, 1.54) is 25.7 Å². The molecule has 0 saturated carbocycles. The van der Waals surface area contributed by atoms with Gasteiger partial charge in [-0.1, -0.05) is 26.7 Å². The zero-order valence-electron chi connectivity index (χ0n) is 8.81. The second-order valence-corrected chi connectivity index (χ2v) is 2.64. The fourth-order valence-corrected chi connectivity index (χ4v) is 0.595. The van der Waals surface area contributed by atoms with Crippen molar-refractivity contribution >= 4 is 0 Å². The first kappa shape index (κ1) is 14.4. The molecule has 0 aliphatic heterocycles. The lowest BCUT2D eigenvalue weighted by atomic mass is 10.3. The van der Waals surface area contributed by atoms with Crippen LogP contribution in [-0.2, 0) is 4.74 Å². The van der Waals surface area contributed by atoms with E-state index >= 15 is 0 Å². The third kappa shape index (κ3) is 22.5. The highest BCUT2D eigenvalue weighted by Crippen LogP contribution is 1.91. The van der Waals surface area contributed by atoms with Crippen molar-refractivity contribution in [3.05, 3.63) is 0 Å². The molecule has 0 bridgehead atoms. The fourth-order valence-electron chi connectivity index (χ4n) is 0.595. The number of rotatable bonds is 6. The Bertz CT molecular complexity index is 49.8. The molecule has 0 aliphatic rings. The molecule has 0 radical (unpaired) electrons. The van der Waals surface area contributed by atoms with Gasteiger partial charge in [-0.3, -0.25) is 0 Å². The first-order valence-corrected chi connectivity index (χ1v) is 5.01. The third-order valence-corrected chi connectivity index (χ3v) is 1.28. The van der Waals surface area contributed by atoms with E-state index in [2.05, 4.69) is 13.8 Å². The third-order valence-electron chi connectivity index (χ3n) is 1.28. The summed E-state index contributed by atoms with van der Waals surface area (Å²) < 4.78 is 5.31. The maximum absolute atomic E-state index is 7.57. The smallest absolute Gasteiger partial charge is 0.0465 e. The molecule has 0 saturated heterocycles. The zero-order valence-corrected chi connectivity index (χ0v) is 8.81. The van der Waals surface area contributed by atoms with Crippen LogP contribution in [0.1, 0.15) is 46.5 Å². The van der Waals surface area contributed by atoms with Crippen LogP contribution in [0.3, 0.4) is 0 Å². The van der Waals surface area contributed by atoms with Gasteiger partial charge in [0.25, 0.3) is 0 Å². The summed E-state index contributed by atoms with van der Waals surface area (Å²) in [6, 6.07) is 0. The van der Waals surface area contributed by atoms with Crippen LogP contribution >= 0.6 is 0 Å². The highest BCUT2D eigenvalue weighted by molar-refractivity contribution is 4.33. The summed E-state index contributed by atoms with van der Waals surface area (Å²) in [7, 11) is 0. The summed E-state index contributed by atoms with van der Waals surface area (Å²) in [5.41, 5.74) is 0. The molecular formula is C10H24O2. The molecule has 0 heterocycles. The number of unbranched alkanes of at least 4 members (excludes halogenated alkanes) is 2. The fraction of sp³-hybridized carbons (Fsp3) is 1.00. The molecule has 0 fully saturated rings. The number of hydrogen-bond donors (Lipinski definition) is 1. The highest BCUT2D eigenvalue weighted by atomic mass is 16.5. The minimum Gasteiger partial charge on any atom is -0.397 e. The molecule has 0 aliphatic carbocycles. The molecule has 2 nitrogen and oxygen atoms in total. The summed E-state index contributed by atoms with van der Waals surface area (Å²) in [5, 5.41) is 7.57. The van der Waals surface area contributed by atoms with Crippen molar-refractivity contribution in [3.8, 4) is 0 Å². The molecular weight excluding hydrogens is 152 g/mol. The second kappa shape index (κ2) is 17.1. The zero-order chi connectivity index (χ0) is 9.66. The van der Waals surface area contributed by atoms with E-state index in [1.807, 2.05) is 0 Å². The van der Waals surface area contributed by atoms with E-state index in [-0.39, 0.29) is 6.61 Å². The summed E-state index contributed by atoms with van der Waals surface area (Å²) in [4.78, 5) is 0. The van der Waals surface area contributed by atoms with E-state index in [0.29, 0.717) is 0 Å². The van der Waals surface area contributed by atoms with Gasteiger partial charge in [0.2, 0.25) is 0 Å². The maximum atomic E-state index is 7.57. The van der Waals surface area contributed by atoms with Crippen LogP contribution in [0.4, 0.5) is 0 Å². The largest absolute Gasteiger partial charge is 0.397 e. The monoisotopic (exact) mass is 176 g/mol. The Hall–Kier alpha value is -0.0800. The van der Waals surface area contributed by atoms with Gasteiger partial charge >= 0.3 is 0 Å². The van der Waals surface area contributed by atoms with Crippen LogP contribution in [0.2, 0.25) is 0 Å². The Balaban J connectivity index is 0. The molecule has 0 rings (SSSR count). The molecule has 76 valence electrons. The van der Waals surface area contributed by atoms with Crippen molar-refractivity contribution in [1.82, 2.24) is 0 Å². The summed E-state index contributed by atoms with van der Waals surface area (Å²) >= 11 is 0. The van der Waals surface area contributed by atoms with Gasteiger partial charge in [-0.15, -0.1) is 0 Å². The van der Waals surface area contributed by atoms with Crippen molar-refractivity contribution < 1.29 is 9.84 Å². The van der Waals surface area contributed by atoms with Crippen LogP contribution in [-0.4, -0.2) is 24.9 Å². The first-order valence-electron chi connectivity index (χ1n) is 5.01. The maximum Gasteiger partial charge on any atom is 0.0465 e. The Morgan fingerprint density at radius 2 is 1.25 bits per heavy atom. The van der Waals surface area contributed by atoms with Crippen molar-refractivity contribution in [1.29, 1.82) is 0 Å². The Morgan fingerprint density at radius 3 is 1.50 bits per heavy atom. The lowest BCUT2D eigenvalue weighted by Crippen LogP contribution is -1.95. The molecule has 2 heteroatoms. The first-order chi connectivity index (χ1) is 5.83. The second-order valence-electron chi connectivity index (χ2n) is 2.64. The minimum atomic E-state index is 0.250. The molecule has 0 aromatic carbocycles. The van der Waals surface area contributed by atoms with E-state index in [0.717, 1.165) is 13.2 Å². The van der Waals surface area contributed by atoms with Crippen molar-refractivity contribution in [3.63, 3.8) is 0 Å². The number of aliphatic hydroxyl groups is 1. The lowest BCUT2D eigenvalue weighted by Gasteiger charge is -1.99. The molecule has 0 atom stereocenters. The Kier molecular flexibility index (Phi) is 20.6. The van der Waals surface area contributed by atoms with E-state index in [1.54, 1.807) is 6.92 Å². The molecule has 0 spiro atoms. The van der Waals surface area contributed by atoms with Crippen LogP contribution in [0.5, 0.6) is 0 Å². The van der Waals surface area contributed by atoms with Gasteiger partial charge in [-0.05, 0) is 19.8 Å². The van der Waals surface area contributed by atoms with Gasteiger partial charge in [0.1, 0.15) is 0 Å². The summed E-state index contributed by atoms with van der Waals surface area (Å²) in [5.74, 6) is 0. The van der Waals surface area contributed by atoms with Crippen LogP contribution in [0.25, 0.3) is 0 Å². The van der Waals surface area contributed by atoms with Crippen LogP contribution in [0, 0.1) is 0 Å². The van der Waals surface area contributed by atoms with Gasteiger partial charge in [0.15, 0.2) is 0 Å². The average molecular weight is 176 g/mol. The number of ether oxygens (including phenoxy) is 1. The standard InChI is InChI=1S/C8H18O.C2H6O/c1-3-5-7-9-8-6-4-2;1-2-3/h3-8H2,1-2H3;3H,2H2,1H3.